The van der Waals surface area contributed by atoms with Crippen LogP contribution in [0.4, 0.5) is 0 Å². The van der Waals surface area contributed by atoms with Crippen LogP contribution in [0.15, 0.2) is 36.7 Å². The zero-order chi connectivity index (χ0) is 15.5. The Bertz CT molecular complexity index is 615. The fraction of sp³-hybridized carbons (Fsp3) is 0.389. The fourth-order valence-electron chi connectivity index (χ4n) is 2.29. The molecule has 0 bridgehead atoms. The van der Waals surface area contributed by atoms with E-state index < -0.39 is 0 Å². The molecule has 0 saturated carbocycles. The van der Waals surface area contributed by atoms with Crippen molar-refractivity contribution < 1.29 is 4.74 Å². The summed E-state index contributed by atoms with van der Waals surface area (Å²) in [6.07, 6.45) is 3.61. The van der Waals surface area contributed by atoms with E-state index in [1.165, 1.54) is 11.1 Å². The lowest BCUT2D eigenvalue weighted by molar-refractivity contribution is 0.448. The molecule has 21 heavy (non-hydrogen) atoms. The molecule has 0 aliphatic heterocycles. The second-order valence-electron chi connectivity index (χ2n) is 6.37. The predicted molar refractivity (Wildman–Crippen MR) is 87.0 cm³/mol. The number of nitrogens with one attached hydrogen (secondary N) is 1. The van der Waals surface area contributed by atoms with Crippen molar-refractivity contribution in [2.24, 2.45) is 0 Å². The molecular weight excluding hydrogens is 260 g/mol. The van der Waals surface area contributed by atoms with Crippen molar-refractivity contribution in [3.05, 3.63) is 53.3 Å². The first-order valence-corrected chi connectivity index (χ1v) is 7.28. The Morgan fingerprint density at radius 3 is 2.57 bits per heavy atom. The number of benzene rings is 1. The van der Waals surface area contributed by atoms with Crippen LogP contribution in [0.3, 0.4) is 0 Å². The summed E-state index contributed by atoms with van der Waals surface area (Å²) in [5.74, 6) is 1.78. The molecule has 3 heteroatoms. The molecule has 0 spiro atoms. The molecule has 0 amide bonds. The highest BCUT2D eigenvalue weighted by atomic mass is 16.5. The minimum atomic E-state index is 0.0409. The lowest BCUT2D eigenvalue weighted by Gasteiger charge is -2.23. The number of hydrogen-bond acceptors (Lipinski definition) is 3. The van der Waals surface area contributed by atoms with Gasteiger partial charge in [0, 0.05) is 30.1 Å². The van der Waals surface area contributed by atoms with Crippen LogP contribution in [0.25, 0.3) is 0 Å². The quantitative estimate of drug-likeness (QED) is 0.913. The van der Waals surface area contributed by atoms with Crippen molar-refractivity contribution in [2.75, 3.05) is 7.05 Å². The van der Waals surface area contributed by atoms with Gasteiger partial charge in [0.25, 0.3) is 0 Å². The second-order valence-corrected chi connectivity index (χ2v) is 6.37. The van der Waals surface area contributed by atoms with Gasteiger partial charge in [0.05, 0.1) is 0 Å². The molecule has 2 aromatic rings. The Kier molecular flexibility index (Phi) is 4.63. The maximum Gasteiger partial charge on any atom is 0.135 e. The molecule has 0 aliphatic rings. The summed E-state index contributed by atoms with van der Waals surface area (Å²) in [6.45, 7) is 9.42. The third-order valence-corrected chi connectivity index (χ3v) is 3.39. The highest BCUT2D eigenvalue weighted by molar-refractivity contribution is 5.45. The standard InChI is InChI=1S/C18H24N2O/c1-13-6-7-15(18(2,3)4)17(10-13)21-16-8-9-20-12-14(16)11-19-5/h6-10,12,19H,11H2,1-5H3. The van der Waals surface area contributed by atoms with Crippen molar-refractivity contribution in [1.82, 2.24) is 10.3 Å². The molecule has 1 N–H and O–H groups in total. The first-order chi connectivity index (χ1) is 9.91. The van der Waals surface area contributed by atoms with Gasteiger partial charge in [-0.3, -0.25) is 4.98 Å². The van der Waals surface area contributed by atoms with Crippen molar-refractivity contribution in [3.8, 4) is 11.5 Å². The first kappa shape index (κ1) is 15.5. The number of pyridine rings is 1. The molecule has 1 aromatic carbocycles. The minimum absolute atomic E-state index is 0.0409. The van der Waals surface area contributed by atoms with Gasteiger partial charge in [-0.25, -0.2) is 0 Å². The Morgan fingerprint density at radius 1 is 1.14 bits per heavy atom. The van der Waals surface area contributed by atoms with E-state index in [1.807, 2.05) is 19.3 Å². The van der Waals surface area contributed by atoms with E-state index in [2.05, 4.69) is 56.2 Å². The summed E-state index contributed by atoms with van der Waals surface area (Å²) in [5.41, 5.74) is 3.50. The van der Waals surface area contributed by atoms with Crippen LogP contribution in [-0.2, 0) is 12.0 Å². The highest BCUT2D eigenvalue weighted by Crippen LogP contribution is 2.35. The van der Waals surface area contributed by atoms with Gasteiger partial charge in [0.1, 0.15) is 11.5 Å². The van der Waals surface area contributed by atoms with Gasteiger partial charge in [-0.2, -0.15) is 0 Å². The monoisotopic (exact) mass is 284 g/mol. The zero-order valence-corrected chi connectivity index (χ0v) is 13.5. The molecule has 0 atom stereocenters. The van der Waals surface area contributed by atoms with Gasteiger partial charge in [-0.15, -0.1) is 0 Å². The van der Waals surface area contributed by atoms with Crippen LogP contribution in [0.2, 0.25) is 0 Å². The van der Waals surface area contributed by atoms with Gasteiger partial charge >= 0.3 is 0 Å². The van der Waals surface area contributed by atoms with E-state index in [0.717, 1.165) is 23.6 Å². The number of ether oxygens (including phenoxy) is 1. The number of nitrogens with zero attached hydrogens (tertiary/aromatic N) is 1. The molecule has 0 saturated heterocycles. The van der Waals surface area contributed by atoms with Crippen LogP contribution in [0.5, 0.6) is 11.5 Å². The average Bonchev–Trinajstić information content (AvgIpc) is 2.40. The Labute approximate surface area is 127 Å². The van der Waals surface area contributed by atoms with Gasteiger partial charge in [-0.05, 0) is 37.1 Å². The topological polar surface area (TPSA) is 34.2 Å². The average molecular weight is 284 g/mol. The zero-order valence-electron chi connectivity index (χ0n) is 13.5. The van der Waals surface area contributed by atoms with Crippen molar-refractivity contribution in [1.29, 1.82) is 0 Å². The maximum atomic E-state index is 6.22. The van der Waals surface area contributed by atoms with Crippen LogP contribution in [0, 0.1) is 6.92 Å². The van der Waals surface area contributed by atoms with E-state index in [9.17, 15) is 0 Å². The summed E-state index contributed by atoms with van der Waals surface area (Å²) in [5, 5.41) is 3.15. The third-order valence-electron chi connectivity index (χ3n) is 3.39. The summed E-state index contributed by atoms with van der Waals surface area (Å²) < 4.78 is 6.22. The van der Waals surface area contributed by atoms with Crippen molar-refractivity contribution in [3.63, 3.8) is 0 Å². The number of rotatable bonds is 4. The first-order valence-electron chi connectivity index (χ1n) is 7.28. The van der Waals surface area contributed by atoms with Gasteiger partial charge < -0.3 is 10.1 Å². The van der Waals surface area contributed by atoms with E-state index in [-0.39, 0.29) is 5.41 Å². The maximum absolute atomic E-state index is 6.22. The summed E-state index contributed by atoms with van der Waals surface area (Å²) in [7, 11) is 1.92. The Hall–Kier alpha value is -1.87. The molecule has 0 radical (unpaired) electrons. The molecule has 2 rings (SSSR count). The van der Waals surface area contributed by atoms with Crippen molar-refractivity contribution in [2.45, 2.75) is 39.7 Å². The van der Waals surface area contributed by atoms with E-state index >= 15 is 0 Å². The molecular formula is C18H24N2O. The van der Waals surface area contributed by atoms with Gasteiger partial charge in [0.2, 0.25) is 0 Å². The van der Waals surface area contributed by atoms with E-state index in [1.54, 1.807) is 6.20 Å². The molecule has 0 fully saturated rings. The highest BCUT2D eigenvalue weighted by Gasteiger charge is 2.20. The fourth-order valence-corrected chi connectivity index (χ4v) is 2.29. The molecule has 1 aromatic heterocycles. The molecule has 0 aliphatic carbocycles. The lowest BCUT2D eigenvalue weighted by atomic mass is 9.86. The van der Waals surface area contributed by atoms with Crippen LogP contribution in [0.1, 0.15) is 37.5 Å². The van der Waals surface area contributed by atoms with Crippen LogP contribution in [-0.4, -0.2) is 12.0 Å². The predicted octanol–water partition coefficient (Wildman–Crippen LogP) is 4.20. The van der Waals surface area contributed by atoms with Crippen LogP contribution >= 0.6 is 0 Å². The molecule has 112 valence electrons. The van der Waals surface area contributed by atoms with Gasteiger partial charge in [-0.1, -0.05) is 32.9 Å². The van der Waals surface area contributed by atoms with Gasteiger partial charge in [0.15, 0.2) is 0 Å². The number of hydrogen-bond donors (Lipinski definition) is 1. The Balaban J connectivity index is 2.42. The van der Waals surface area contributed by atoms with Crippen LogP contribution < -0.4 is 10.1 Å². The lowest BCUT2D eigenvalue weighted by Crippen LogP contribution is -2.13. The largest absolute Gasteiger partial charge is 0.457 e. The van der Waals surface area contributed by atoms with Crippen molar-refractivity contribution >= 4 is 0 Å². The molecule has 3 nitrogen and oxygen atoms in total. The second kappa shape index (κ2) is 6.27. The number of aryl methyl sites for hydroxylation is 1. The minimum Gasteiger partial charge on any atom is -0.457 e. The smallest absolute Gasteiger partial charge is 0.135 e. The summed E-state index contributed by atoms with van der Waals surface area (Å²) in [6, 6.07) is 8.31. The summed E-state index contributed by atoms with van der Waals surface area (Å²) >= 11 is 0. The SMILES string of the molecule is CNCc1cnccc1Oc1cc(C)ccc1C(C)(C)C. The Morgan fingerprint density at radius 2 is 1.90 bits per heavy atom. The molecule has 0 unspecified atom stereocenters. The molecule has 1 heterocycles. The van der Waals surface area contributed by atoms with E-state index in [0.29, 0.717) is 0 Å². The van der Waals surface area contributed by atoms with E-state index in [4.69, 9.17) is 4.74 Å². The number of aromatic nitrogens is 1. The third kappa shape index (κ3) is 3.82. The summed E-state index contributed by atoms with van der Waals surface area (Å²) in [4.78, 5) is 4.17. The normalized spacial score (nSPS) is 11.5.